The molecule has 1 spiro atoms. The fourth-order valence-corrected chi connectivity index (χ4v) is 2.68. The summed E-state index contributed by atoms with van der Waals surface area (Å²) in [7, 11) is 0. The van der Waals surface area contributed by atoms with Gasteiger partial charge in [0.05, 0.1) is 11.3 Å². The molecule has 4 heteroatoms. The zero-order valence-corrected chi connectivity index (χ0v) is 9.14. The molecule has 1 aliphatic carbocycles. The van der Waals surface area contributed by atoms with Gasteiger partial charge in [0, 0.05) is 13.1 Å². The maximum Gasteiger partial charge on any atom is 0.0974 e. The lowest BCUT2D eigenvalue weighted by molar-refractivity contribution is 0.339. The van der Waals surface area contributed by atoms with Crippen LogP contribution in [0.2, 0.25) is 0 Å². The van der Waals surface area contributed by atoms with Crippen LogP contribution >= 0.6 is 0 Å². The second-order valence-electron chi connectivity index (χ2n) is 5.32. The summed E-state index contributed by atoms with van der Waals surface area (Å²) in [5.41, 5.74) is 7.56. The summed E-state index contributed by atoms with van der Waals surface area (Å²) in [5.74, 6) is 0. The van der Waals surface area contributed by atoms with E-state index in [-0.39, 0.29) is 5.66 Å². The molecule has 14 heavy (non-hydrogen) atoms. The van der Waals surface area contributed by atoms with Crippen LogP contribution in [0.25, 0.3) is 0 Å². The molecule has 1 saturated carbocycles. The molecule has 2 N–H and O–H groups in total. The minimum atomic E-state index is 0.249. The molecule has 3 fully saturated rings. The average molecular weight is 196 g/mol. The van der Waals surface area contributed by atoms with E-state index in [1.54, 1.807) is 0 Å². The molecule has 0 bridgehead atoms. The van der Waals surface area contributed by atoms with E-state index in [0.717, 1.165) is 13.1 Å². The van der Waals surface area contributed by atoms with Gasteiger partial charge in [-0.3, -0.25) is 0 Å². The summed E-state index contributed by atoms with van der Waals surface area (Å²) in [4.78, 5) is 0. The second-order valence-corrected chi connectivity index (χ2v) is 5.32. The van der Waals surface area contributed by atoms with Gasteiger partial charge in [-0.05, 0) is 26.7 Å². The molecule has 2 aliphatic heterocycles. The number of hydrogen-bond donors (Lipinski definition) is 2. The number of nitrogens with one attached hydrogen (secondary N) is 2. The summed E-state index contributed by atoms with van der Waals surface area (Å²) in [6.07, 6.45) is 5.50. The van der Waals surface area contributed by atoms with Crippen LogP contribution in [-0.2, 0) is 0 Å². The predicted octanol–water partition coefficient (Wildman–Crippen LogP) is 0.633. The van der Waals surface area contributed by atoms with Crippen LogP contribution in [0.1, 0.15) is 39.5 Å². The molecule has 4 nitrogen and oxygen atoms in total. The van der Waals surface area contributed by atoms with E-state index >= 15 is 0 Å². The number of hydrazine groups is 2. The van der Waals surface area contributed by atoms with Crippen molar-refractivity contribution in [2.24, 2.45) is 0 Å². The Morgan fingerprint density at radius 1 is 1.00 bits per heavy atom. The summed E-state index contributed by atoms with van der Waals surface area (Å²) >= 11 is 0. The maximum atomic E-state index is 3.53. The molecule has 80 valence electrons. The number of nitrogens with zero attached hydrogens (tertiary/aromatic N) is 2. The Bertz CT molecular complexity index is 245. The third-order valence-electron chi connectivity index (χ3n) is 3.82. The molecule has 2 atom stereocenters. The quantitative estimate of drug-likeness (QED) is 0.650. The summed E-state index contributed by atoms with van der Waals surface area (Å²) in [6.45, 7) is 6.71. The van der Waals surface area contributed by atoms with Crippen LogP contribution in [0.5, 0.6) is 0 Å². The Morgan fingerprint density at radius 2 is 1.57 bits per heavy atom. The van der Waals surface area contributed by atoms with Crippen molar-refractivity contribution in [1.29, 1.82) is 0 Å². The van der Waals surface area contributed by atoms with Gasteiger partial charge in [-0.2, -0.15) is 0 Å². The Kier molecular flexibility index (Phi) is 1.75. The van der Waals surface area contributed by atoms with Gasteiger partial charge in [0.25, 0.3) is 0 Å². The SMILES string of the molecule is CC1(C)NN1CC[N@@]1NC12CCCC2. The molecule has 0 aromatic carbocycles. The first kappa shape index (κ1) is 9.09. The van der Waals surface area contributed by atoms with Gasteiger partial charge in [0.2, 0.25) is 0 Å². The van der Waals surface area contributed by atoms with E-state index < -0.39 is 0 Å². The summed E-state index contributed by atoms with van der Waals surface area (Å²) < 4.78 is 0. The smallest absolute Gasteiger partial charge is 0.0974 e. The Hall–Kier alpha value is -0.160. The van der Waals surface area contributed by atoms with Crippen molar-refractivity contribution >= 4 is 0 Å². The van der Waals surface area contributed by atoms with Gasteiger partial charge in [-0.25, -0.2) is 20.9 Å². The van der Waals surface area contributed by atoms with E-state index in [9.17, 15) is 0 Å². The summed E-state index contributed by atoms with van der Waals surface area (Å²) in [6, 6.07) is 0. The average Bonchev–Trinajstić information content (AvgIpc) is 2.82. The molecule has 0 amide bonds. The van der Waals surface area contributed by atoms with Crippen LogP contribution in [0.15, 0.2) is 0 Å². The number of rotatable bonds is 3. The highest BCUT2D eigenvalue weighted by Crippen LogP contribution is 2.41. The molecule has 2 saturated heterocycles. The largest absolute Gasteiger partial charge is 0.233 e. The first-order valence-electron chi connectivity index (χ1n) is 5.73. The van der Waals surface area contributed by atoms with E-state index in [4.69, 9.17) is 0 Å². The van der Waals surface area contributed by atoms with Crippen LogP contribution in [-0.4, -0.2) is 34.4 Å². The first-order valence-corrected chi connectivity index (χ1v) is 5.73. The third-order valence-corrected chi connectivity index (χ3v) is 3.82. The van der Waals surface area contributed by atoms with E-state index in [1.165, 1.54) is 25.7 Å². The second kappa shape index (κ2) is 2.70. The Balaban J connectivity index is 1.43. The van der Waals surface area contributed by atoms with Crippen molar-refractivity contribution in [3.8, 4) is 0 Å². The third kappa shape index (κ3) is 1.37. The van der Waals surface area contributed by atoms with Crippen LogP contribution in [0.3, 0.4) is 0 Å². The molecular formula is C10H20N4. The van der Waals surface area contributed by atoms with Crippen molar-refractivity contribution in [2.75, 3.05) is 13.1 Å². The monoisotopic (exact) mass is 196 g/mol. The van der Waals surface area contributed by atoms with Crippen LogP contribution in [0, 0.1) is 0 Å². The fourth-order valence-electron chi connectivity index (χ4n) is 2.68. The lowest BCUT2D eigenvalue weighted by Gasteiger charge is -2.07. The fraction of sp³-hybridized carbons (Fsp3) is 1.00. The minimum absolute atomic E-state index is 0.249. The lowest BCUT2D eigenvalue weighted by atomic mass is 10.2. The van der Waals surface area contributed by atoms with Gasteiger partial charge in [-0.1, -0.05) is 12.8 Å². The number of hydrogen-bond acceptors (Lipinski definition) is 4. The van der Waals surface area contributed by atoms with E-state index in [2.05, 4.69) is 34.7 Å². The Labute approximate surface area is 85.6 Å². The molecule has 3 rings (SSSR count). The van der Waals surface area contributed by atoms with Gasteiger partial charge in [0.15, 0.2) is 0 Å². The van der Waals surface area contributed by atoms with Gasteiger partial charge >= 0.3 is 0 Å². The highest BCUT2D eigenvalue weighted by molar-refractivity contribution is 5.02. The maximum absolute atomic E-state index is 3.53. The van der Waals surface area contributed by atoms with Gasteiger partial charge < -0.3 is 0 Å². The zero-order valence-electron chi connectivity index (χ0n) is 9.14. The normalized spacial score (nSPS) is 41.6. The lowest BCUT2D eigenvalue weighted by Crippen LogP contribution is -2.22. The van der Waals surface area contributed by atoms with E-state index in [1.807, 2.05) is 0 Å². The van der Waals surface area contributed by atoms with Gasteiger partial charge in [0.1, 0.15) is 0 Å². The topological polar surface area (TPSA) is 49.9 Å². The van der Waals surface area contributed by atoms with Gasteiger partial charge in [-0.15, -0.1) is 0 Å². The van der Waals surface area contributed by atoms with Crippen LogP contribution < -0.4 is 10.9 Å². The van der Waals surface area contributed by atoms with E-state index in [0.29, 0.717) is 5.66 Å². The molecule has 1 unspecified atom stereocenters. The van der Waals surface area contributed by atoms with Crippen molar-refractivity contribution in [3.63, 3.8) is 0 Å². The molecule has 3 aliphatic rings. The molecule has 0 radical (unpaired) electrons. The molecule has 2 heterocycles. The van der Waals surface area contributed by atoms with Crippen molar-refractivity contribution in [3.05, 3.63) is 0 Å². The molecular weight excluding hydrogens is 176 g/mol. The highest BCUT2D eigenvalue weighted by Gasteiger charge is 2.53. The standard InChI is InChI=1S/C10H20N4/c1-9(2)11-13(9)7-8-14-10(12-14)5-3-4-6-10/h11-12H,3-8H2,1-2H3/t13?,14-/m1/s1. The molecule has 0 aromatic rings. The highest BCUT2D eigenvalue weighted by atomic mass is 15.8. The van der Waals surface area contributed by atoms with Crippen LogP contribution in [0.4, 0.5) is 0 Å². The predicted molar refractivity (Wildman–Crippen MR) is 55.0 cm³/mol. The van der Waals surface area contributed by atoms with Crippen molar-refractivity contribution in [1.82, 2.24) is 20.9 Å². The first-order chi connectivity index (χ1) is 6.62. The zero-order chi connectivity index (χ0) is 9.81. The van der Waals surface area contributed by atoms with Crippen molar-refractivity contribution in [2.45, 2.75) is 50.9 Å². The minimum Gasteiger partial charge on any atom is -0.233 e. The van der Waals surface area contributed by atoms with Crippen molar-refractivity contribution < 1.29 is 0 Å². The molecule has 0 aromatic heterocycles. The Morgan fingerprint density at radius 3 is 2.14 bits per heavy atom. The summed E-state index contributed by atoms with van der Waals surface area (Å²) in [5, 5.41) is 4.73.